The summed E-state index contributed by atoms with van der Waals surface area (Å²) in [5, 5.41) is 12.1. The van der Waals surface area contributed by atoms with Crippen LogP contribution in [-0.4, -0.2) is 24.9 Å². The molecule has 0 unspecified atom stereocenters. The second-order valence-corrected chi connectivity index (χ2v) is 6.76. The topological polar surface area (TPSA) is 41.5 Å². The van der Waals surface area contributed by atoms with Gasteiger partial charge < -0.3 is 15.2 Å². The fourth-order valence-electron chi connectivity index (χ4n) is 2.00. The summed E-state index contributed by atoms with van der Waals surface area (Å²) in [6.07, 6.45) is 5.18. The van der Waals surface area contributed by atoms with E-state index < -0.39 is 0 Å². The van der Waals surface area contributed by atoms with Crippen molar-refractivity contribution in [2.24, 2.45) is 0 Å². The highest BCUT2D eigenvalue weighted by atomic mass is 79.9. The van der Waals surface area contributed by atoms with E-state index in [0.717, 1.165) is 59.9 Å². The number of unbranched alkanes of at least 4 members (excludes halogenated alkanes) is 3. The molecule has 0 fully saturated rings. The molecule has 0 saturated carbocycles. The zero-order chi connectivity index (χ0) is 15.5. The number of rotatable bonds is 11. The summed E-state index contributed by atoms with van der Waals surface area (Å²) in [6, 6.07) is 4.21. The first-order valence-corrected chi connectivity index (χ1v) is 9.20. The molecule has 0 spiro atoms. The SMILES string of the molecule is CCCNCc1cc(Br)c(OCCCCCCO)c(Br)c1. The van der Waals surface area contributed by atoms with Crippen molar-refractivity contribution in [2.75, 3.05) is 19.8 Å². The van der Waals surface area contributed by atoms with Crippen LogP contribution in [0.5, 0.6) is 5.75 Å². The predicted molar refractivity (Wildman–Crippen MR) is 94.9 cm³/mol. The molecule has 5 heteroatoms. The third-order valence-corrected chi connectivity index (χ3v) is 4.29. The molecule has 0 aliphatic rings. The standard InChI is InChI=1S/C16H25Br2NO2/c1-2-7-19-12-13-10-14(17)16(15(18)11-13)21-9-6-4-3-5-8-20/h10-11,19-20H,2-9,12H2,1H3. The lowest BCUT2D eigenvalue weighted by Crippen LogP contribution is -2.13. The highest BCUT2D eigenvalue weighted by Crippen LogP contribution is 2.35. The third-order valence-electron chi connectivity index (χ3n) is 3.11. The summed E-state index contributed by atoms with van der Waals surface area (Å²) in [4.78, 5) is 0. The van der Waals surface area contributed by atoms with E-state index in [0.29, 0.717) is 6.61 Å². The van der Waals surface area contributed by atoms with E-state index in [-0.39, 0.29) is 6.61 Å². The van der Waals surface area contributed by atoms with Gasteiger partial charge in [0, 0.05) is 13.2 Å². The Hall–Kier alpha value is -0.100. The smallest absolute Gasteiger partial charge is 0.147 e. The molecule has 0 atom stereocenters. The first-order chi connectivity index (χ1) is 10.2. The Morgan fingerprint density at radius 1 is 1.10 bits per heavy atom. The third kappa shape index (κ3) is 7.63. The highest BCUT2D eigenvalue weighted by molar-refractivity contribution is 9.11. The Labute approximate surface area is 144 Å². The largest absolute Gasteiger partial charge is 0.491 e. The lowest BCUT2D eigenvalue weighted by atomic mass is 10.2. The average Bonchev–Trinajstić information content (AvgIpc) is 2.45. The fraction of sp³-hybridized carbons (Fsp3) is 0.625. The summed E-state index contributed by atoms with van der Waals surface area (Å²) in [7, 11) is 0. The van der Waals surface area contributed by atoms with Crippen molar-refractivity contribution in [1.29, 1.82) is 0 Å². The molecule has 3 nitrogen and oxygen atoms in total. The predicted octanol–water partition coefficient (Wildman–Crippen LogP) is 4.64. The van der Waals surface area contributed by atoms with E-state index in [1.54, 1.807) is 0 Å². The molecule has 0 radical (unpaired) electrons. The van der Waals surface area contributed by atoms with E-state index >= 15 is 0 Å². The Kier molecular flexibility index (Phi) is 10.3. The summed E-state index contributed by atoms with van der Waals surface area (Å²) in [5.41, 5.74) is 1.23. The number of hydrogen-bond donors (Lipinski definition) is 2. The number of ether oxygens (including phenoxy) is 1. The zero-order valence-corrected chi connectivity index (χ0v) is 15.8. The first-order valence-electron chi connectivity index (χ1n) is 7.61. The highest BCUT2D eigenvalue weighted by Gasteiger charge is 2.09. The summed E-state index contributed by atoms with van der Waals surface area (Å²) >= 11 is 7.17. The minimum Gasteiger partial charge on any atom is -0.491 e. The fourth-order valence-corrected chi connectivity index (χ4v) is 3.51. The van der Waals surface area contributed by atoms with Crippen LogP contribution in [0.15, 0.2) is 21.1 Å². The van der Waals surface area contributed by atoms with Crippen LogP contribution in [0, 0.1) is 0 Å². The van der Waals surface area contributed by atoms with E-state index in [1.165, 1.54) is 5.56 Å². The maximum Gasteiger partial charge on any atom is 0.147 e. The van der Waals surface area contributed by atoms with Crippen molar-refractivity contribution in [3.63, 3.8) is 0 Å². The summed E-state index contributed by atoms with van der Waals surface area (Å²) in [5.74, 6) is 0.872. The Bertz CT molecular complexity index is 390. The van der Waals surface area contributed by atoms with Crippen LogP contribution >= 0.6 is 31.9 Å². The van der Waals surface area contributed by atoms with Crippen LogP contribution in [0.2, 0.25) is 0 Å². The van der Waals surface area contributed by atoms with Gasteiger partial charge in [-0.1, -0.05) is 13.3 Å². The van der Waals surface area contributed by atoms with Gasteiger partial charge in [-0.05, 0) is 81.8 Å². The van der Waals surface area contributed by atoms with Crippen LogP contribution in [-0.2, 0) is 6.54 Å². The quantitative estimate of drug-likeness (QED) is 0.510. The first kappa shape index (κ1) is 18.9. The van der Waals surface area contributed by atoms with Crippen molar-refractivity contribution >= 4 is 31.9 Å². The number of hydrogen-bond acceptors (Lipinski definition) is 3. The van der Waals surface area contributed by atoms with Gasteiger partial charge >= 0.3 is 0 Å². The van der Waals surface area contributed by atoms with Gasteiger partial charge in [-0.25, -0.2) is 0 Å². The van der Waals surface area contributed by atoms with Crippen molar-refractivity contribution in [3.05, 3.63) is 26.6 Å². The molecule has 1 aromatic rings. The van der Waals surface area contributed by atoms with Gasteiger partial charge in [-0.2, -0.15) is 0 Å². The van der Waals surface area contributed by atoms with Gasteiger partial charge in [-0.15, -0.1) is 0 Å². The molecule has 0 saturated heterocycles. The lowest BCUT2D eigenvalue weighted by molar-refractivity contribution is 0.272. The van der Waals surface area contributed by atoms with Crippen LogP contribution in [0.1, 0.15) is 44.6 Å². The Balaban J connectivity index is 2.43. The molecule has 2 N–H and O–H groups in total. The van der Waals surface area contributed by atoms with Gasteiger partial charge in [0.1, 0.15) is 5.75 Å². The molecule has 0 aliphatic heterocycles. The van der Waals surface area contributed by atoms with E-state index in [1.807, 2.05) is 0 Å². The summed E-state index contributed by atoms with van der Waals surface area (Å²) < 4.78 is 7.82. The number of nitrogens with one attached hydrogen (secondary N) is 1. The second-order valence-electron chi connectivity index (χ2n) is 5.05. The number of aliphatic hydroxyl groups is 1. The molecular formula is C16H25Br2NO2. The average molecular weight is 423 g/mol. The van der Waals surface area contributed by atoms with Crippen LogP contribution in [0.4, 0.5) is 0 Å². The van der Waals surface area contributed by atoms with Gasteiger partial charge in [0.2, 0.25) is 0 Å². The van der Waals surface area contributed by atoms with Crippen molar-refractivity contribution in [1.82, 2.24) is 5.32 Å². The molecule has 21 heavy (non-hydrogen) atoms. The summed E-state index contributed by atoms with van der Waals surface area (Å²) in [6.45, 7) is 5.05. The van der Waals surface area contributed by atoms with E-state index in [2.05, 4.69) is 56.2 Å². The molecular weight excluding hydrogens is 398 g/mol. The maximum absolute atomic E-state index is 8.73. The Morgan fingerprint density at radius 3 is 2.38 bits per heavy atom. The molecule has 0 aromatic heterocycles. The maximum atomic E-state index is 8.73. The van der Waals surface area contributed by atoms with Gasteiger partial charge in [0.25, 0.3) is 0 Å². The van der Waals surface area contributed by atoms with Crippen LogP contribution in [0.3, 0.4) is 0 Å². The molecule has 0 bridgehead atoms. The number of benzene rings is 1. The number of aliphatic hydroxyl groups excluding tert-OH is 1. The van der Waals surface area contributed by atoms with Gasteiger partial charge in [-0.3, -0.25) is 0 Å². The number of halogens is 2. The molecule has 1 aromatic carbocycles. The zero-order valence-electron chi connectivity index (χ0n) is 12.6. The van der Waals surface area contributed by atoms with Crippen LogP contribution in [0.25, 0.3) is 0 Å². The lowest BCUT2D eigenvalue weighted by Gasteiger charge is -2.12. The Morgan fingerprint density at radius 2 is 1.76 bits per heavy atom. The molecule has 0 heterocycles. The van der Waals surface area contributed by atoms with Gasteiger partial charge in [0.15, 0.2) is 0 Å². The minimum absolute atomic E-state index is 0.283. The van der Waals surface area contributed by atoms with Gasteiger partial charge in [0.05, 0.1) is 15.6 Å². The second kappa shape index (κ2) is 11.5. The minimum atomic E-state index is 0.283. The van der Waals surface area contributed by atoms with Crippen molar-refractivity contribution < 1.29 is 9.84 Å². The van der Waals surface area contributed by atoms with Crippen molar-refractivity contribution in [2.45, 2.75) is 45.6 Å². The van der Waals surface area contributed by atoms with Crippen molar-refractivity contribution in [3.8, 4) is 5.75 Å². The monoisotopic (exact) mass is 421 g/mol. The van der Waals surface area contributed by atoms with Crippen LogP contribution < -0.4 is 10.1 Å². The molecule has 1 rings (SSSR count). The normalized spacial score (nSPS) is 10.9. The molecule has 120 valence electrons. The van der Waals surface area contributed by atoms with E-state index in [4.69, 9.17) is 9.84 Å². The molecule has 0 amide bonds. The molecule has 0 aliphatic carbocycles. The van der Waals surface area contributed by atoms with E-state index in [9.17, 15) is 0 Å².